The summed E-state index contributed by atoms with van der Waals surface area (Å²) in [5.41, 5.74) is 2.37. The van der Waals surface area contributed by atoms with Crippen molar-refractivity contribution in [3.8, 4) is 0 Å². The van der Waals surface area contributed by atoms with E-state index < -0.39 is 6.16 Å². The van der Waals surface area contributed by atoms with Gasteiger partial charge < -0.3 is 14.7 Å². The lowest BCUT2D eigenvalue weighted by molar-refractivity contribution is 0.0135. The molecule has 1 atom stereocenters. The summed E-state index contributed by atoms with van der Waals surface area (Å²) >= 11 is 0. The fourth-order valence-corrected chi connectivity index (χ4v) is 3.53. The molecule has 26 heavy (non-hydrogen) atoms. The fourth-order valence-electron chi connectivity index (χ4n) is 3.53. The lowest BCUT2D eigenvalue weighted by Crippen LogP contribution is -2.41. The van der Waals surface area contributed by atoms with Crippen molar-refractivity contribution in [1.29, 1.82) is 0 Å². The smallest absolute Gasteiger partial charge is 0.450 e. The van der Waals surface area contributed by atoms with E-state index in [1.165, 1.54) is 11.4 Å². The van der Waals surface area contributed by atoms with Crippen molar-refractivity contribution >= 4 is 17.5 Å². The van der Waals surface area contributed by atoms with Gasteiger partial charge in [0.1, 0.15) is 6.10 Å². The number of likely N-dealkylation sites (tertiary alicyclic amines) is 1. The van der Waals surface area contributed by atoms with Gasteiger partial charge in [-0.15, -0.1) is 0 Å². The van der Waals surface area contributed by atoms with Gasteiger partial charge in [-0.25, -0.2) is 4.79 Å². The van der Waals surface area contributed by atoms with Gasteiger partial charge in [0.15, 0.2) is 0 Å². The van der Waals surface area contributed by atoms with Crippen LogP contribution < -0.4 is 4.90 Å². The van der Waals surface area contributed by atoms with Crippen LogP contribution in [0.1, 0.15) is 19.3 Å². The molecule has 0 saturated carbocycles. The first-order valence-corrected chi connectivity index (χ1v) is 9.22. The van der Waals surface area contributed by atoms with Crippen molar-refractivity contribution in [1.82, 2.24) is 4.90 Å². The molecule has 3 rings (SSSR count). The highest BCUT2D eigenvalue weighted by Gasteiger charge is 2.22. The van der Waals surface area contributed by atoms with Crippen molar-refractivity contribution in [2.75, 3.05) is 31.1 Å². The summed E-state index contributed by atoms with van der Waals surface area (Å²) in [4.78, 5) is 15.4. The second-order valence-electron chi connectivity index (χ2n) is 6.62. The monoisotopic (exact) mass is 354 g/mol. The summed E-state index contributed by atoms with van der Waals surface area (Å²) in [6.45, 7) is 3.56. The third-order valence-electron chi connectivity index (χ3n) is 4.72. The predicted molar refractivity (Wildman–Crippen MR) is 103 cm³/mol. The molecule has 1 aliphatic heterocycles. The average Bonchev–Trinajstić information content (AvgIpc) is 2.66. The lowest BCUT2D eigenvalue weighted by atomic mass is 10.1. The Morgan fingerprint density at radius 3 is 2.27 bits per heavy atom. The van der Waals surface area contributed by atoms with E-state index in [0.717, 1.165) is 38.9 Å². The molecule has 1 fully saturated rings. The highest BCUT2D eigenvalue weighted by atomic mass is 16.7. The van der Waals surface area contributed by atoms with E-state index in [0.29, 0.717) is 6.54 Å². The van der Waals surface area contributed by atoms with E-state index in [2.05, 4.69) is 58.3 Å². The van der Waals surface area contributed by atoms with Crippen LogP contribution in [0.5, 0.6) is 0 Å². The molecule has 1 saturated heterocycles. The first-order chi connectivity index (χ1) is 12.7. The molecule has 1 N–H and O–H groups in total. The second kappa shape index (κ2) is 9.25. The van der Waals surface area contributed by atoms with Gasteiger partial charge in [-0.1, -0.05) is 36.4 Å². The number of ether oxygens (including phenoxy) is 1. The van der Waals surface area contributed by atoms with Crippen molar-refractivity contribution in [3.05, 3.63) is 60.7 Å². The normalized spacial score (nSPS) is 17.6. The molecule has 5 nitrogen and oxygen atoms in total. The summed E-state index contributed by atoms with van der Waals surface area (Å²) in [7, 11) is 0. The molecule has 2 aromatic rings. The molecule has 0 bridgehead atoms. The molecule has 0 amide bonds. The van der Waals surface area contributed by atoms with Crippen LogP contribution in [-0.2, 0) is 4.74 Å². The van der Waals surface area contributed by atoms with Crippen LogP contribution in [0.25, 0.3) is 0 Å². The summed E-state index contributed by atoms with van der Waals surface area (Å²) < 4.78 is 4.95. The van der Waals surface area contributed by atoms with Gasteiger partial charge in [-0.3, -0.25) is 4.90 Å². The van der Waals surface area contributed by atoms with E-state index in [1.54, 1.807) is 0 Å². The van der Waals surface area contributed by atoms with Crippen LogP contribution in [0.2, 0.25) is 0 Å². The second-order valence-corrected chi connectivity index (χ2v) is 6.62. The third kappa shape index (κ3) is 5.23. The van der Waals surface area contributed by atoms with Crippen molar-refractivity contribution in [2.24, 2.45) is 0 Å². The highest BCUT2D eigenvalue weighted by Crippen LogP contribution is 2.25. The van der Waals surface area contributed by atoms with Crippen LogP contribution in [0.3, 0.4) is 0 Å². The maximum Gasteiger partial charge on any atom is 0.506 e. The summed E-state index contributed by atoms with van der Waals surface area (Å²) in [5, 5.41) is 8.81. The molecule has 0 aromatic heterocycles. The van der Waals surface area contributed by atoms with Crippen LogP contribution in [0, 0.1) is 0 Å². The Kier molecular flexibility index (Phi) is 6.50. The fraction of sp³-hybridized carbons (Fsp3) is 0.381. The van der Waals surface area contributed by atoms with E-state index in [9.17, 15) is 4.79 Å². The molecule has 1 heterocycles. The zero-order chi connectivity index (χ0) is 18.2. The first kappa shape index (κ1) is 18.3. The Morgan fingerprint density at radius 2 is 1.69 bits per heavy atom. The molecule has 0 spiro atoms. The minimum Gasteiger partial charge on any atom is -0.450 e. The summed E-state index contributed by atoms with van der Waals surface area (Å²) in [6, 6.07) is 20.8. The number of para-hydroxylation sites is 2. The van der Waals surface area contributed by atoms with Crippen molar-refractivity contribution in [3.63, 3.8) is 0 Å². The average molecular weight is 354 g/mol. The van der Waals surface area contributed by atoms with Crippen LogP contribution in [-0.4, -0.2) is 48.4 Å². The molecule has 0 aliphatic carbocycles. The Balaban J connectivity index is 1.57. The number of nitrogens with zero attached hydrogens (tertiary/aromatic N) is 2. The molecule has 0 unspecified atom stereocenters. The molecular weight excluding hydrogens is 328 g/mol. The largest absolute Gasteiger partial charge is 0.506 e. The Hall–Kier alpha value is -2.53. The van der Waals surface area contributed by atoms with Gasteiger partial charge in [0.25, 0.3) is 0 Å². The Morgan fingerprint density at radius 1 is 1.08 bits per heavy atom. The molecule has 2 aromatic carbocycles. The SMILES string of the molecule is O=C(O)O[C@@H]1CCCN(CCCN(c2ccccc2)c2ccccc2)C1. The van der Waals surface area contributed by atoms with Gasteiger partial charge in [0.2, 0.25) is 0 Å². The van der Waals surface area contributed by atoms with E-state index in [-0.39, 0.29) is 6.10 Å². The van der Waals surface area contributed by atoms with Gasteiger partial charge in [-0.05, 0) is 56.6 Å². The predicted octanol–water partition coefficient (Wildman–Crippen LogP) is 4.37. The number of carbonyl (C=O) groups is 1. The molecule has 5 heteroatoms. The number of hydrogen-bond acceptors (Lipinski definition) is 4. The first-order valence-electron chi connectivity index (χ1n) is 9.22. The van der Waals surface area contributed by atoms with E-state index in [4.69, 9.17) is 9.84 Å². The molecular formula is C21H26N2O3. The third-order valence-corrected chi connectivity index (χ3v) is 4.72. The molecule has 138 valence electrons. The quantitative estimate of drug-likeness (QED) is 0.748. The summed E-state index contributed by atoms with van der Waals surface area (Å²) in [5.74, 6) is 0. The number of benzene rings is 2. The zero-order valence-corrected chi connectivity index (χ0v) is 15.0. The van der Waals surface area contributed by atoms with Gasteiger partial charge in [-0.2, -0.15) is 0 Å². The molecule has 1 aliphatic rings. The highest BCUT2D eigenvalue weighted by molar-refractivity contribution is 5.62. The Labute approximate surface area is 154 Å². The van der Waals surface area contributed by atoms with Gasteiger partial charge in [0.05, 0.1) is 0 Å². The van der Waals surface area contributed by atoms with Crippen LogP contribution in [0.15, 0.2) is 60.7 Å². The van der Waals surface area contributed by atoms with E-state index >= 15 is 0 Å². The lowest BCUT2D eigenvalue weighted by Gasteiger charge is -2.32. The van der Waals surface area contributed by atoms with Crippen molar-refractivity contribution < 1.29 is 14.6 Å². The maximum absolute atomic E-state index is 10.7. The number of piperidine rings is 1. The van der Waals surface area contributed by atoms with Crippen molar-refractivity contribution in [2.45, 2.75) is 25.4 Å². The van der Waals surface area contributed by atoms with Gasteiger partial charge >= 0.3 is 6.16 Å². The number of rotatable bonds is 7. The number of carboxylic acid groups (broad SMARTS) is 1. The minimum absolute atomic E-state index is 0.194. The van der Waals surface area contributed by atoms with Crippen LogP contribution in [0.4, 0.5) is 16.2 Å². The van der Waals surface area contributed by atoms with E-state index in [1.807, 2.05) is 12.1 Å². The standard InChI is InChI=1S/C21H26N2O3/c24-21(25)26-20-13-7-14-22(17-20)15-8-16-23(18-9-3-1-4-10-18)19-11-5-2-6-12-19/h1-6,9-12,20H,7-8,13-17H2,(H,24,25)/t20-/m1/s1. The van der Waals surface area contributed by atoms with Gasteiger partial charge in [0, 0.05) is 24.5 Å². The minimum atomic E-state index is -1.17. The zero-order valence-electron chi connectivity index (χ0n) is 15.0. The molecule has 0 radical (unpaired) electrons. The number of hydrogen-bond donors (Lipinski definition) is 1. The Bertz CT molecular complexity index is 639. The maximum atomic E-state index is 10.7. The summed E-state index contributed by atoms with van der Waals surface area (Å²) in [6.07, 6.45) is 1.45. The topological polar surface area (TPSA) is 53.0 Å². The number of anilines is 2. The van der Waals surface area contributed by atoms with Crippen LogP contribution >= 0.6 is 0 Å².